The van der Waals surface area contributed by atoms with E-state index in [1.165, 1.54) is 44.5 Å². The lowest BCUT2D eigenvalue weighted by atomic mass is 10.0. The minimum absolute atomic E-state index is 1.04. The average Bonchev–Trinajstić information content (AvgIpc) is 3.26. The van der Waals surface area contributed by atoms with Gasteiger partial charge in [-0.2, -0.15) is 0 Å². The third-order valence-electron chi connectivity index (χ3n) is 5.89. The van der Waals surface area contributed by atoms with Crippen molar-refractivity contribution in [3.8, 4) is 22.3 Å². The Kier molecular flexibility index (Phi) is 3.06. The highest BCUT2D eigenvalue weighted by Crippen LogP contribution is 2.40. The molecule has 128 valence electrons. The van der Waals surface area contributed by atoms with Gasteiger partial charge in [-0.15, -0.1) is 0 Å². The monoisotopic (exact) mass is 345 g/mol. The van der Waals surface area contributed by atoms with Crippen molar-refractivity contribution < 1.29 is 0 Å². The molecule has 4 aromatic rings. The van der Waals surface area contributed by atoms with Crippen molar-refractivity contribution in [3.63, 3.8) is 0 Å². The van der Waals surface area contributed by atoms with Crippen LogP contribution in [-0.4, -0.2) is 0 Å². The third-order valence-corrected chi connectivity index (χ3v) is 5.89. The zero-order valence-electron chi connectivity index (χ0n) is 15.0. The van der Waals surface area contributed by atoms with E-state index in [0.29, 0.717) is 0 Å². The Bertz CT molecular complexity index is 1110. The standard InChI is InChI=1S/C26H19N/c1-3-7-23-17(5-1)13-19-9-11-21(15-25(19)23)27-22-12-10-20-14-18-6-2-4-8-24(18)26(20)16-22/h1-12,15-16,27H,13-14H2. The van der Waals surface area contributed by atoms with Crippen LogP contribution in [-0.2, 0) is 12.8 Å². The van der Waals surface area contributed by atoms with Gasteiger partial charge in [-0.05, 0) is 81.6 Å². The Morgan fingerprint density at radius 2 is 0.889 bits per heavy atom. The van der Waals surface area contributed by atoms with Gasteiger partial charge in [-0.3, -0.25) is 0 Å². The molecule has 0 fully saturated rings. The van der Waals surface area contributed by atoms with E-state index in [1.807, 2.05) is 0 Å². The summed E-state index contributed by atoms with van der Waals surface area (Å²) in [6.07, 6.45) is 2.09. The molecule has 2 aliphatic rings. The molecule has 0 saturated heterocycles. The van der Waals surface area contributed by atoms with Crippen LogP contribution in [0.15, 0.2) is 84.9 Å². The van der Waals surface area contributed by atoms with E-state index >= 15 is 0 Å². The molecule has 0 heterocycles. The van der Waals surface area contributed by atoms with E-state index in [4.69, 9.17) is 0 Å². The van der Waals surface area contributed by atoms with E-state index in [9.17, 15) is 0 Å². The fourth-order valence-corrected chi connectivity index (χ4v) is 4.57. The Morgan fingerprint density at radius 3 is 1.41 bits per heavy atom. The molecule has 0 unspecified atom stereocenters. The smallest absolute Gasteiger partial charge is 0.0390 e. The molecule has 0 aromatic heterocycles. The molecule has 0 atom stereocenters. The Balaban J connectivity index is 1.36. The molecular weight excluding hydrogens is 326 g/mol. The summed E-state index contributed by atoms with van der Waals surface area (Å²) in [7, 11) is 0. The van der Waals surface area contributed by atoms with Gasteiger partial charge in [0.1, 0.15) is 0 Å². The highest BCUT2D eigenvalue weighted by atomic mass is 14.9. The highest BCUT2D eigenvalue weighted by molar-refractivity contribution is 5.83. The van der Waals surface area contributed by atoms with Gasteiger partial charge >= 0.3 is 0 Å². The second-order valence-corrected chi connectivity index (χ2v) is 7.54. The summed E-state index contributed by atoms with van der Waals surface area (Å²) in [5, 5.41) is 3.62. The summed E-state index contributed by atoms with van der Waals surface area (Å²) in [6.45, 7) is 0. The van der Waals surface area contributed by atoms with E-state index in [1.54, 1.807) is 0 Å². The summed E-state index contributed by atoms with van der Waals surface area (Å²) in [6, 6.07) is 31.0. The zero-order chi connectivity index (χ0) is 17.8. The minimum atomic E-state index is 1.04. The van der Waals surface area contributed by atoms with Crippen LogP contribution in [0.1, 0.15) is 22.3 Å². The molecule has 0 aliphatic heterocycles. The van der Waals surface area contributed by atoms with E-state index in [0.717, 1.165) is 24.2 Å². The largest absolute Gasteiger partial charge is 0.355 e. The van der Waals surface area contributed by atoms with Crippen molar-refractivity contribution in [3.05, 3.63) is 107 Å². The number of rotatable bonds is 2. The lowest BCUT2D eigenvalue weighted by molar-refractivity contribution is 1.26. The number of fused-ring (bicyclic) bond motifs is 6. The zero-order valence-corrected chi connectivity index (χ0v) is 15.0. The molecular formula is C26H19N. The summed E-state index contributed by atoms with van der Waals surface area (Å²) >= 11 is 0. The summed E-state index contributed by atoms with van der Waals surface area (Å²) in [5.74, 6) is 0. The first-order chi connectivity index (χ1) is 13.3. The number of hydrogen-bond donors (Lipinski definition) is 1. The van der Waals surface area contributed by atoms with Crippen molar-refractivity contribution in [2.75, 3.05) is 5.32 Å². The fourth-order valence-electron chi connectivity index (χ4n) is 4.57. The van der Waals surface area contributed by atoms with Crippen molar-refractivity contribution in [2.45, 2.75) is 12.8 Å². The predicted molar refractivity (Wildman–Crippen MR) is 113 cm³/mol. The quantitative estimate of drug-likeness (QED) is 0.374. The van der Waals surface area contributed by atoms with Gasteiger partial charge in [0, 0.05) is 11.4 Å². The van der Waals surface area contributed by atoms with E-state index in [2.05, 4.69) is 90.2 Å². The highest BCUT2D eigenvalue weighted by Gasteiger charge is 2.19. The van der Waals surface area contributed by atoms with Gasteiger partial charge in [0.05, 0.1) is 0 Å². The van der Waals surface area contributed by atoms with Crippen LogP contribution < -0.4 is 5.32 Å². The second kappa shape index (κ2) is 5.59. The maximum absolute atomic E-state index is 3.62. The molecule has 0 radical (unpaired) electrons. The van der Waals surface area contributed by atoms with Crippen LogP contribution in [0.2, 0.25) is 0 Å². The van der Waals surface area contributed by atoms with Gasteiger partial charge in [0.25, 0.3) is 0 Å². The predicted octanol–water partition coefficient (Wildman–Crippen LogP) is 6.57. The lowest BCUT2D eigenvalue weighted by Crippen LogP contribution is -1.92. The Labute approximate surface area is 159 Å². The lowest BCUT2D eigenvalue weighted by Gasteiger charge is -2.11. The van der Waals surface area contributed by atoms with Crippen LogP contribution in [0, 0.1) is 0 Å². The number of hydrogen-bond acceptors (Lipinski definition) is 1. The minimum Gasteiger partial charge on any atom is -0.355 e. The molecule has 0 spiro atoms. The molecule has 0 saturated carbocycles. The van der Waals surface area contributed by atoms with Crippen LogP contribution in [0.3, 0.4) is 0 Å². The van der Waals surface area contributed by atoms with Crippen LogP contribution in [0.4, 0.5) is 11.4 Å². The van der Waals surface area contributed by atoms with Gasteiger partial charge in [0.15, 0.2) is 0 Å². The maximum Gasteiger partial charge on any atom is 0.0390 e. The van der Waals surface area contributed by atoms with E-state index in [-0.39, 0.29) is 0 Å². The second-order valence-electron chi connectivity index (χ2n) is 7.54. The first-order valence-corrected chi connectivity index (χ1v) is 9.54. The third kappa shape index (κ3) is 2.32. The van der Waals surface area contributed by atoms with Crippen LogP contribution >= 0.6 is 0 Å². The molecule has 0 bridgehead atoms. The number of anilines is 2. The molecule has 1 nitrogen and oxygen atoms in total. The first kappa shape index (κ1) is 14.8. The molecule has 6 rings (SSSR count). The van der Waals surface area contributed by atoms with Crippen LogP contribution in [0.5, 0.6) is 0 Å². The average molecular weight is 345 g/mol. The molecule has 0 amide bonds. The molecule has 1 N–H and O–H groups in total. The number of nitrogens with one attached hydrogen (secondary N) is 1. The van der Waals surface area contributed by atoms with Crippen molar-refractivity contribution >= 4 is 11.4 Å². The van der Waals surface area contributed by atoms with Crippen molar-refractivity contribution in [2.24, 2.45) is 0 Å². The summed E-state index contributed by atoms with van der Waals surface area (Å²) in [5.41, 5.74) is 13.5. The summed E-state index contributed by atoms with van der Waals surface area (Å²) < 4.78 is 0. The normalized spacial score (nSPS) is 12.9. The maximum atomic E-state index is 3.62. The van der Waals surface area contributed by atoms with E-state index < -0.39 is 0 Å². The van der Waals surface area contributed by atoms with Crippen molar-refractivity contribution in [1.82, 2.24) is 0 Å². The SMILES string of the molecule is c1ccc2c(c1)Cc1ccc(Nc3ccc4c(c3)-c3ccccc3C4)cc1-2. The molecule has 27 heavy (non-hydrogen) atoms. The fraction of sp³-hybridized carbons (Fsp3) is 0.0769. The summed E-state index contributed by atoms with van der Waals surface area (Å²) in [4.78, 5) is 0. The molecule has 2 aliphatic carbocycles. The Morgan fingerprint density at radius 1 is 0.444 bits per heavy atom. The first-order valence-electron chi connectivity index (χ1n) is 9.54. The van der Waals surface area contributed by atoms with Gasteiger partial charge < -0.3 is 5.32 Å². The topological polar surface area (TPSA) is 12.0 Å². The molecule has 1 heteroatoms. The Hall–Kier alpha value is -3.32. The van der Waals surface area contributed by atoms with Crippen molar-refractivity contribution in [1.29, 1.82) is 0 Å². The van der Waals surface area contributed by atoms with Gasteiger partial charge in [-0.1, -0.05) is 60.7 Å². The van der Waals surface area contributed by atoms with Gasteiger partial charge in [-0.25, -0.2) is 0 Å². The molecule has 4 aromatic carbocycles. The van der Waals surface area contributed by atoms with Gasteiger partial charge in [0.2, 0.25) is 0 Å². The van der Waals surface area contributed by atoms with Crippen LogP contribution in [0.25, 0.3) is 22.3 Å². The number of benzene rings is 4.